The number of ether oxygens (including phenoxy) is 1. The minimum atomic E-state index is -1.26. The summed E-state index contributed by atoms with van der Waals surface area (Å²) in [6.07, 6.45) is 0.934. The summed E-state index contributed by atoms with van der Waals surface area (Å²) < 4.78 is 18.5. The number of carbonyl (C=O) groups is 3. The first kappa shape index (κ1) is 18.9. The quantitative estimate of drug-likeness (QED) is 0.752. The van der Waals surface area contributed by atoms with Crippen LogP contribution in [0.3, 0.4) is 0 Å². The van der Waals surface area contributed by atoms with E-state index in [1.807, 2.05) is 0 Å². The Balaban J connectivity index is 1.49. The molecule has 0 aromatic heterocycles. The average molecular weight is 398 g/mol. The Hall–Kier alpha value is -3.42. The number of carboxylic acids is 1. The highest BCUT2D eigenvalue weighted by atomic mass is 19.1. The molecule has 29 heavy (non-hydrogen) atoms. The smallest absolute Gasteiger partial charge is 0.330 e. The number of nitrogens with one attached hydrogen (secondary N) is 1. The summed E-state index contributed by atoms with van der Waals surface area (Å²) in [5, 5.41) is 12.1. The highest BCUT2D eigenvalue weighted by molar-refractivity contribution is 6.10. The zero-order valence-corrected chi connectivity index (χ0v) is 15.4. The number of rotatable bonds is 5. The number of carbonyl (C=O) groups excluding carboxylic acids is 2. The number of amides is 2. The van der Waals surface area contributed by atoms with E-state index in [1.165, 1.54) is 29.2 Å². The van der Waals surface area contributed by atoms with Crippen molar-refractivity contribution >= 4 is 23.5 Å². The Morgan fingerprint density at radius 1 is 1.21 bits per heavy atom. The molecule has 2 aliphatic rings. The fourth-order valence-corrected chi connectivity index (χ4v) is 3.72. The predicted octanol–water partition coefficient (Wildman–Crippen LogP) is 2.06. The lowest BCUT2D eigenvalue weighted by Crippen LogP contribution is -2.41. The third-order valence-corrected chi connectivity index (χ3v) is 5.24. The Labute approximate surface area is 166 Å². The van der Waals surface area contributed by atoms with Crippen molar-refractivity contribution in [3.8, 4) is 5.75 Å². The summed E-state index contributed by atoms with van der Waals surface area (Å²) in [5.41, 5.74) is 1.82. The normalized spacial score (nSPS) is 18.9. The summed E-state index contributed by atoms with van der Waals surface area (Å²) in [6, 6.07) is 9.17. The van der Waals surface area contributed by atoms with Gasteiger partial charge in [-0.25, -0.2) is 9.18 Å². The number of carboxylic acid groups (broad SMARTS) is 1. The summed E-state index contributed by atoms with van der Waals surface area (Å²) in [5.74, 6) is -2.97. The van der Waals surface area contributed by atoms with Crippen LogP contribution in [0, 0.1) is 11.7 Å². The molecule has 1 fully saturated rings. The number of nitrogens with zero attached hydrogens (tertiary/aromatic N) is 1. The van der Waals surface area contributed by atoms with Gasteiger partial charge in [-0.15, -0.1) is 0 Å². The third kappa shape index (κ3) is 3.65. The maximum Gasteiger partial charge on any atom is 0.330 e. The number of halogens is 1. The van der Waals surface area contributed by atoms with Crippen molar-refractivity contribution in [2.24, 2.45) is 5.92 Å². The van der Waals surface area contributed by atoms with Crippen LogP contribution in [0.15, 0.2) is 42.5 Å². The topological polar surface area (TPSA) is 95.9 Å². The van der Waals surface area contributed by atoms with E-state index < -0.39 is 35.6 Å². The Morgan fingerprint density at radius 2 is 1.97 bits per heavy atom. The highest BCUT2D eigenvalue weighted by Crippen LogP contribution is 2.30. The van der Waals surface area contributed by atoms with Gasteiger partial charge in [0.2, 0.25) is 11.8 Å². The van der Waals surface area contributed by atoms with E-state index >= 15 is 0 Å². The van der Waals surface area contributed by atoms with Crippen molar-refractivity contribution < 1.29 is 28.6 Å². The van der Waals surface area contributed by atoms with Crippen LogP contribution in [0.4, 0.5) is 10.1 Å². The Kier molecular flexibility index (Phi) is 4.92. The molecule has 2 unspecified atom stereocenters. The molecular formula is C21H19FN2O5. The van der Waals surface area contributed by atoms with Crippen molar-refractivity contribution in [2.75, 3.05) is 18.1 Å². The summed E-state index contributed by atoms with van der Waals surface area (Å²) in [6.45, 7) is 0.842. The number of hydrogen-bond acceptors (Lipinski definition) is 4. The molecule has 0 bridgehead atoms. The average Bonchev–Trinajstić information content (AvgIpc) is 3.32. The molecule has 150 valence electrons. The first-order chi connectivity index (χ1) is 13.9. The van der Waals surface area contributed by atoms with Gasteiger partial charge in [0, 0.05) is 18.7 Å². The number of benzene rings is 2. The zero-order chi connectivity index (χ0) is 20.5. The van der Waals surface area contributed by atoms with Crippen LogP contribution < -0.4 is 15.0 Å². The van der Waals surface area contributed by atoms with Crippen molar-refractivity contribution in [1.82, 2.24) is 5.32 Å². The number of fused-ring (bicyclic) bond motifs is 1. The second-order valence-corrected chi connectivity index (χ2v) is 7.05. The molecule has 2 amide bonds. The molecule has 2 N–H and O–H groups in total. The van der Waals surface area contributed by atoms with Gasteiger partial charge < -0.3 is 20.1 Å². The van der Waals surface area contributed by atoms with Crippen LogP contribution in [0.2, 0.25) is 0 Å². The largest absolute Gasteiger partial charge is 0.493 e. The summed E-state index contributed by atoms with van der Waals surface area (Å²) in [4.78, 5) is 38.6. The third-order valence-electron chi connectivity index (χ3n) is 5.24. The number of aliphatic carboxylic acids is 1. The van der Waals surface area contributed by atoms with Crippen molar-refractivity contribution in [2.45, 2.75) is 18.9 Å². The van der Waals surface area contributed by atoms with Crippen molar-refractivity contribution in [3.05, 3.63) is 59.4 Å². The monoisotopic (exact) mass is 398 g/mol. The lowest BCUT2D eigenvalue weighted by Gasteiger charge is -2.19. The molecule has 2 heterocycles. The van der Waals surface area contributed by atoms with E-state index in [-0.39, 0.29) is 6.42 Å². The van der Waals surface area contributed by atoms with Gasteiger partial charge in [-0.05, 0) is 53.9 Å². The Morgan fingerprint density at radius 3 is 2.69 bits per heavy atom. The summed E-state index contributed by atoms with van der Waals surface area (Å²) >= 11 is 0. The molecule has 7 nitrogen and oxygen atoms in total. The van der Waals surface area contributed by atoms with Gasteiger partial charge in [0.15, 0.2) is 6.04 Å². The van der Waals surface area contributed by atoms with E-state index in [9.17, 15) is 23.9 Å². The molecule has 4 rings (SSSR count). The van der Waals surface area contributed by atoms with Crippen molar-refractivity contribution in [1.29, 1.82) is 0 Å². The lowest BCUT2D eigenvalue weighted by atomic mass is 10.0. The maximum atomic E-state index is 13.1. The van der Waals surface area contributed by atoms with Gasteiger partial charge in [-0.2, -0.15) is 0 Å². The van der Waals surface area contributed by atoms with Crippen LogP contribution in [-0.4, -0.2) is 36.0 Å². The van der Waals surface area contributed by atoms with E-state index in [0.717, 1.165) is 5.56 Å². The van der Waals surface area contributed by atoms with E-state index in [2.05, 4.69) is 5.32 Å². The van der Waals surface area contributed by atoms with E-state index in [1.54, 1.807) is 18.2 Å². The number of hydrogen-bond donors (Lipinski definition) is 2. The molecule has 8 heteroatoms. The molecule has 2 aromatic carbocycles. The minimum absolute atomic E-state index is 0.256. The predicted molar refractivity (Wildman–Crippen MR) is 101 cm³/mol. The maximum absolute atomic E-state index is 13.1. The molecule has 0 spiro atoms. The molecule has 2 atom stereocenters. The number of anilines is 1. The molecule has 0 radical (unpaired) electrons. The molecule has 1 saturated heterocycles. The second kappa shape index (κ2) is 7.54. The molecule has 0 saturated carbocycles. The molecular weight excluding hydrogens is 379 g/mol. The lowest BCUT2D eigenvalue weighted by molar-refractivity contribution is -0.143. The van der Waals surface area contributed by atoms with Crippen LogP contribution in [0.25, 0.3) is 0 Å². The van der Waals surface area contributed by atoms with Gasteiger partial charge in [-0.3, -0.25) is 9.59 Å². The van der Waals surface area contributed by atoms with E-state index in [4.69, 9.17) is 4.74 Å². The molecule has 2 aromatic rings. The first-order valence-corrected chi connectivity index (χ1v) is 9.30. The zero-order valence-electron chi connectivity index (χ0n) is 15.4. The molecule has 0 aliphatic carbocycles. The van der Waals surface area contributed by atoms with Crippen LogP contribution in [0.1, 0.15) is 23.6 Å². The fraction of sp³-hybridized carbons (Fsp3) is 0.286. The van der Waals surface area contributed by atoms with Gasteiger partial charge >= 0.3 is 5.97 Å². The second-order valence-electron chi connectivity index (χ2n) is 7.05. The van der Waals surface area contributed by atoms with Crippen LogP contribution in [0.5, 0.6) is 5.75 Å². The van der Waals surface area contributed by atoms with Crippen LogP contribution >= 0.6 is 0 Å². The highest BCUT2D eigenvalue weighted by Gasteiger charge is 2.39. The van der Waals surface area contributed by atoms with Crippen LogP contribution in [-0.2, 0) is 20.8 Å². The van der Waals surface area contributed by atoms with Gasteiger partial charge in [0.05, 0.1) is 6.61 Å². The Bertz CT molecular complexity index is 976. The molecule has 2 aliphatic heterocycles. The van der Waals surface area contributed by atoms with Gasteiger partial charge in [0.1, 0.15) is 17.5 Å². The summed E-state index contributed by atoms with van der Waals surface area (Å²) in [7, 11) is 0. The van der Waals surface area contributed by atoms with Crippen molar-refractivity contribution in [3.63, 3.8) is 0 Å². The van der Waals surface area contributed by atoms with E-state index in [0.29, 0.717) is 36.6 Å². The minimum Gasteiger partial charge on any atom is -0.493 e. The first-order valence-electron chi connectivity index (χ1n) is 9.30. The SMILES string of the molecule is O=C(NC(C(=O)O)c1ccc2c(c1)CCO2)C1CCN(c2ccc(F)cc2)C1=O. The van der Waals surface area contributed by atoms with Gasteiger partial charge in [0.25, 0.3) is 0 Å². The van der Waals surface area contributed by atoms with Gasteiger partial charge in [-0.1, -0.05) is 6.07 Å². The standard InChI is InChI=1S/C21H19FN2O5/c22-14-2-4-15(5-3-14)24-9-7-16(20(24)26)19(25)23-18(21(27)28)13-1-6-17-12(11-13)8-10-29-17/h1-6,11,16,18H,7-10H2,(H,23,25)(H,27,28). The fourth-order valence-electron chi connectivity index (χ4n) is 3.72.